The summed E-state index contributed by atoms with van der Waals surface area (Å²) in [4.78, 5) is 0. The van der Waals surface area contributed by atoms with Crippen LogP contribution in [-0.2, 0) is 0 Å². The second-order valence-corrected chi connectivity index (χ2v) is 3.95. The zero-order chi connectivity index (χ0) is 11.2. The molecule has 0 saturated carbocycles. The fourth-order valence-corrected chi connectivity index (χ4v) is 2.06. The van der Waals surface area contributed by atoms with E-state index in [1.807, 2.05) is 12.1 Å². The van der Waals surface area contributed by atoms with Gasteiger partial charge in [-0.3, -0.25) is 0 Å². The van der Waals surface area contributed by atoms with E-state index in [4.69, 9.17) is 5.73 Å². The highest BCUT2D eigenvalue weighted by molar-refractivity contribution is 5.32. The Bertz CT molecular complexity index is 372. The van der Waals surface area contributed by atoms with Crippen LogP contribution in [0.2, 0.25) is 0 Å². The first kappa shape index (κ1) is 13.4. The van der Waals surface area contributed by atoms with Gasteiger partial charge in [-0.2, -0.15) is 0 Å². The molecule has 0 aliphatic heterocycles. The normalized spacial score (nSPS) is 10.0. The quantitative estimate of drug-likeness (QED) is 0.843. The molecule has 0 saturated heterocycles. The van der Waals surface area contributed by atoms with E-state index in [1.165, 1.54) is 11.1 Å². The fraction of sp³-hybridized carbons (Fsp3) is 0.200. The van der Waals surface area contributed by atoms with Gasteiger partial charge >= 0.3 is 0 Å². The average Bonchev–Trinajstić information content (AvgIpc) is 2.38. The third kappa shape index (κ3) is 3.41. The summed E-state index contributed by atoms with van der Waals surface area (Å²) in [6.45, 7) is 0.717. The van der Waals surface area contributed by atoms with Gasteiger partial charge in [0.05, 0.1) is 0 Å². The average molecular weight is 228 g/mol. The van der Waals surface area contributed by atoms with Gasteiger partial charge in [-0.1, -0.05) is 60.7 Å². The van der Waals surface area contributed by atoms with Gasteiger partial charge in [-0.25, -0.2) is 0 Å². The van der Waals surface area contributed by atoms with Gasteiger partial charge in [-0.05, 0) is 24.1 Å². The summed E-state index contributed by atoms with van der Waals surface area (Å²) in [6.07, 6.45) is 0.994. The fourth-order valence-electron chi connectivity index (χ4n) is 2.06. The second-order valence-electron chi connectivity index (χ2n) is 3.95. The molecular formula is C15H20N2. The van der Waals surface area contributed by atoms with Crippen molar-refractivity contribution in [1.29, 1.82) is 0 Å². The van der Waals surface area contributed by atoms with Crippen molar-refractivity contribution in [3.05, 3.63) is 71.8 Å². The molecule has 2 aromatic carbocycles. The van der Waals surface area contributed by atoms with Crippen molar-refractivity contribution in [2.75, 3.05) is 6.54 Å². The molecular weight excluding hydrogens is 208 g/mol. The maximum atomic E-state index is 5.70. The lowest BCUT2D eigenvalue weighted by Crippen LogP contribution is -2.08. The van der Waals surface area contributed by atoms with Crippen molar-refractivity contribution in [3.63, 3.8) is 0 Å². The molecule has 17 heavy (non-hydrogen) atoms. The topological polar surface area (TPSA) is 61.0 Å². The minimum atomic E-state index is 0. The lowest BCUT2D eigenvalue weighted by molar-refractivity contribution is 0.726. The smallest absolute Gasteiger partial charge is 0.0101 e. The number of benzene rings is 2. The Labute approximate surface area is 103 Å². The number of hydrogen-bond acceptors (Lipinski definition) is 2. The highest BCUT2D eigenvalue weighted by Crippen LogP contribution is 2.26. The number of rotatable bonds is 4. The first-order valence-electron chi connectivity index (χ1n) is 5.72. The van der Waals surface area contributed by atoms with Gasteiger partial charge in [0.25, 0.3) is 0 Å². The zero-order valence-corrected chi connectivity index (χ0v) is 10.0. The molecule has 0 aliphatic rings. The van der Waals surface area contributed by atoms with Crippen LogP contribution in [0.4, 0.5) is 0 Å². The van der Waals surface area contributed by atoms with Crippen LogP contribution in [0.5, 0.6) is 0 Å². The first-order valence-corrected chi connectivity index (χ1v) is 5.72. The summed E-state index contributed by atoms with van der Waals surface area (Å²) in [7, 11) is 0. The van der Waals surface area contributed by atoms with Crippen molar-refractivity contribution in [2.45, 2.75) is 12.3 Å². The molecule has 5 N–H and O–H groups in total. The minimum Gasteiger partial charge on any atom is -0.344 e. The molecule has 0 heterocycles. The van der Waals surface area contributed by atoms with Gasteiger partial charge in [-0.15, -0.1) is 0 Å². The van der Waals surface area contributed by atoms with Gasteiger partial charge in [0, 0.05) is 5.92 Å². The van der Waals surface area contributed by atoms with Crippen LogP contribution >= 0.6 is 0 Å². The summed E-state index contributed by atoms with van der Waals surface area (Å²) in [6, 6.07) is 21.1. The van der Waals surface area contributed by atoms with E-state index in [2.05, 4.69) is 48.5 Å². The Morgan fingerprint density at radius 3 is 1.53 bits per heavy atom. The SMILES string of the molecule is N.NCCC(c1ccccc1)c1ccccc1. The summed E-state index contributed by atoms with van der Waals surface area (Å²) >= 11 is 0. The minimum absolute atomic E-state index is 0. The molecule has 0 aliphatic carbocycles. The van der Waals surface area contributed by atoms with Crippen LogP contribution in [0.3, 0.4) is 0 Å². The van der Waals surface area contributed by atoms with Gasteiger partial charge < -0.3 is 11.9 Å². The van der Waals surface area contributed by atoms with Crippen LogP contribution in [0.15, 0.2) is 60.7 Å². The van der Waals surface area contributed by atoms with Crippen molar-refractivity contribution in [3.8, 4) is 0 Å². The highest BCUT2D eigenvalue weighted by atomic mass is 14.5. The van der Waals surface area contributed by atoms with Crippen molar-refractivity contribution in [2.24, 2.45) is 5.73 Å². The Morgan fingerprint density at radius 1 is 0.765 bits per heavy atom. The van der Waals surface area contributed by atoms with Crippen molar-refractivity contribution in [1.82, 2.24) is 6.15 Å². The molecule has 0 amide bonds. The molecule has 0 spiro atoms. The predicted molar refractivity (Wildman–Crippen MR) is 73.4 cm³/mol. The lowest BCUT2D eigenvalue weighted by Gasteiger charge is -2.16. The molecule has 90 valence electrons. The van der Waals surface area contributed by atoms with Crippen LogP contribution in [0, 0.1) is 0 Å². The van der Waals surface area contributed by atoms with E-state index >= 15 is 0 Å². The number of nitrogens with two attached hydrogens (primary N) is 1. The molecule has 0 radical (unpaired) electrons. The highest BCUT2D eigenvalue weighted by Gasteiger charge is 2.11. The van der Waals surface area contributed by atoms with Gasteiger partial charge in [0.15, 0.2) is 0 Å². The maximum Gasteiger partial charge on any atom is 0.0101 e. The van der Waals surface area contributed by atoms with Crippen LogP contribution < -0.4 is 11.9 Å². The first-order chi connectivity index (χ1) is 7.92. The molecule has 0 bridgehead atoms. The van der Waals surface area contributed by atoms with E-state index in [-0.39, 0.29) is 6.15 Å². The van der Waals surface area contributed by atoms with E-state index < -0.39 is 0 Å². The molecule has 0 aromatic heterocycles. The predicted octanol–water partition coefficient (Wildman–Crippen LogP) is 3.33. The van der Waals surface area contributed by atoms with Crippen molar-refractivity contribution < 1.29 is 0 Å². The Morgan fingerprint density at radius 2 is 1.18 bits per heavy atom. The third-order valence-corrected chi connectivity index (χ3v) is 2.86. The van der Waals surface area contributed by atoms with Gasteiger partial charge in [0.1, 0.15) is 0 Å². The number of hydrogen-bond donors (Lipinski definition) is 2. The third-order valence-electron chi connectivity index (χ3n) is 2.86. The Hall–Kier alpha value is -1.64. The molecule has 2 aromatic rings. The molecule has 0 unspecified atom stereocenters. The van der Waals surface area contributed by atoms with E-state index in [9.17, 15) is 0 Å². The van der Waals surface area contributed by atoms with Crippen LogP contribution in [0.1, 0.15) is 23.5 Å². The van der Waals surface area contributed by atoms with E-state index in [1.54, 1.807) is 0 Å². The molecule has 2 nitrogen and oxygen atoms in total. The van der Waals surface area contributed by atoms with E-state index in [0.717, 1.165) is 6.42 Å². The van der Waals surface area contributed by atoms with Crippen LogP contribution in [-0.4, -0.2) is 6.54 Å². The Balaban J connectivity index is 0.00000144. The maximum absolute atomic E-state index is 5.70. The zero-order valence-electron chi connectivity index (χ0n) is 10.0. The van der Waals surface area contributed by atoms with Gasteiger partial charge in [0.2, 0.25) is 0 Å². The monoisotopic (exact) mass is 228 g/mol. The lowest BCUT2D eigenvalue weighted by atomic mass is 9.89. The summed E-state index contributed by atoms with van der Waals surface area (Å²) in [5, 5.41) is 0. The second kappa shape index (κ2) is 6.84. The van der Waals surface area contributed by atoms with Crippen LogP contribution in [0.25, 0.3) is 0 Å². The summed E-state index contributed by atoms with van der Waals surface area (Å²) in [5.74, 6) is 0.424. The molecule has 0 atom stereocenters. The molecule has 2 heteroatoms. The van der Waals surface area contributed by atoms with Crippen molar-refractivity contribution >= 4 is 0 Å². The van der Waals surface area contributed by atoms with E-state index in [0.29, 0.717) is 12.5 Å². The summed E-state index contributed by atoms with van der Waals surface area (Å²) in [5.41, 5.74) is 8.40. The molecule has 0 fully saturated rings. The summed E-state index contributed by atoms with van der Waals surface area (Å²) < 4.78 is 0. The largest absolute Gasteiger partial charge is 0.344 e. The standard InChI is InChI=1S/C15H17N.H3N/c16-12-11-15(13-7-3-1-4-8-13)14-9-5-2-6-10-14;/h1-10,15H,11-12,16H2;1H3. The molecule has 2 rings (SSSR count). The Kier molecular flexibility index (Phi) is 5.40.